The van der Waals surface area contributed by atoms with Gasteiger partial charge in [0.15, 0.2) is 0 Å². The third-order valence-corrected chi connectivity index (χ3v) is 2.23. The molecular formula is C13H24O4. The van der Waals surface area contributed by atoms with Gasteiger partial charge in [0.1, 0.15) is 0 Å². The highest BCUT2D eigenvalue weighted by molar-refractivity contribution is 5.87. The Morgan fingerprint density at radius 2 is 1.94 bits per heavy atom. The number of esters is 1. The molecule has 1 rings (SSSR count). The average molecular weight is 244 g/mol. The summed E-state index contributed by atoms with van der Waals surface area (Å²) in [6.07, 6.45) is 1.96. The van der Waals surface area contributed by atoms with Crippen LogP contribution in [0.25, 0.3) is 0 Å². The normalized spacial score (nSPS) is 15.7. The molecule has 0 amide bonds. The van der Waals surface area contributed by atoms with E-state index < -0.39 is 0 Å². The maximum absolute atomic E-state index is 11.2. The summed E-state index contributed by atoms with van der Waals surface area (Å²) >= 11 is 0. The lowest BCUT2D eigenvalue weighted by Crippen LogP contribution is -2.25. The zero-order chi connectivity index (χ0) is 13.1. The Hall–Kier alpha value is -0.870. The van der Waals surface area contributed by atoms with Gasteiger partial charge in [0, 0.05) is 13.2 Å². The van der Waals surface area contributed by atoms with Gasteiger partial charge in [-0.05, 0) is 19.8 Å². The van der Waals surface area contributed by atoms with Crippen molar-refractivity contribution in [1.82, 2.24) is 0 Å². The second-order valence-corrected chi connectivity index (χ2v) is 3.45. The smallest absolute Gasteiger partial charge is 0.335 e. The highest BCUT2D eigenvalue weighted by atomic mass is 16.5. The quantitative estimate of drug-likeness (QED) is 0.550. The van der Waals surface area contributed by atoms with Crippen molar-refractivity contribution in [1.29, 1.82) is 0 Å². The SMILES string of the molecule is C=C(COC1CCOCC1)C(=O)OCC.CC. The van der Waals surface area contributed by atoms with Gasteiger partial charge in [-0.2, -0.15) is 0 Å². The molecule has 1 fully saturated rings. The summed E-state index contributed by atoms with van der Waals surface area (Å²) in [7, 11) is 0. The summed E-state index contributed by atoms with van der Waals surface area (Å²) in [6.45, 7) is 11.5. The summed E-state index contributed by atoms with van der Waals surface area (Å²) in [5.74, 6) is -0.371. The van der Waals surface area contributed by atoms with Gasteiger partial charge in [0.25, 0.3) is 0 Å². The van der Waals surface area contributed by atoms with Crippen LogP contribution in [0.3, 0.4) is 0 Å². The lowest BCUT2D eigenvalue weighted by molar-refractivity contribution is -0.139. The Bertz CT molecular complexity index is 219. The molecule has 0 spiro atoms. The summed E-state index contributed by atoms with van der Waals surface area (Å²) < 4.78 is 15.5. The molecule has 0 aliphatic carbocycles. The Morgan fingerprint density at radius 1 is 1.35 bits per heavy atom. The molecule has 0 saturated carbocycles. The molecule has 1 aliphatic heterocycles. The Morgan fingerprint density at radius 3 is 2.47 bits per heavy atom. The number of rotatable bonds is 5. The third-order valence-electron chi connectivity index (χ3n) is 2.23. The minimum absolute atomic E-state index is 0.185. The van der Waals surface area contributed by atoms with Crippen molar-refractivity contribution < 1.29 is 19.0 Å². The first-order valence-corrected chi connectivity index (χ1v) is 6.28. The maximum atomic E-state index is 11.2. The van der Waals surface area contributed by atoms with Gasteiger partial charge in [-0.1, -0.05) is 20.4 Å². The Kier molecular flexibility index (Phi) is 9.77. The molecule has 4 heteroatoms. The second kappa shape index (κ2) is 10.3. The molecule has 0 aromatic rings. The molecule has 0 bridgehead atoms. The summed E-state index contributed by atoms with van der Waals surface area (Å²) in [5.41, 5.74) is 0.378. The average Bonchev–Trinajstić information content (AvgIpc) is 2.40. The predicted octanol–water partition coefficient (Wildman–Crippen LogP) is 2.33. The predicted molar refractivity (Wildman–Crippen MR) is 66.9 cm³/mol. The fourth-order valence-corrected chi connectivity index (χ4v) is 1.35. The maximum Gasteiger partial charge on any atom is 0.335 e. The van der Waals surface area contributed by atoms with Crippen LogP contribution in [0.15, 0.2) is 12.2 Å². The first-order valence-electron chi connectivity index (χ1n) is 6.28. The number of hydrogen-bond donors (Lipinski definition) is 0. The summed E-state index contributed by atoms with van der Waals surface area (Å²) in [4.78, 5) is 11.2. The molecule has 0 N–H and O–H groups in total. The van der Waals surface area contributed by atoms with Gasteiger partial charge in [0.2, 0.25) is 0 Å². The van der Waals surface area contributed by atoms with Crippen molar-refractivity contribution >= 4 is 5.97 Å². The van der Waals surface area contributed by atoms with Gasteiger partial charge in [-0.25, -0.2) is 4.79 Å². The van der Waals surface area contributed by atoms with Gasteiger partial charge in [-0.15, -0.1) is 0 Å². The Balaban J connectivity index is 0.00000121. The van der Waals surface area contributed by atoms with Crippen LogP contribution in [0.4, 0.5) is 0 Å². The topological polar surface area (TPSA) is 44.8 Å². The molecule has 0 aromatic heterocycles. The van der Waals surface area contributed by atoms with E-state index in [4.69, 9.17) is 14.2 Å². The molecule has 4 nitrogen and oxygen atoms in total. The lowest BCUT2D eigenvalue weighted by atomic mass is 10.1. The fraction of sp³-hybridized carbons (Fsp3) is 0.769. The van der Waals surface area contributed by atoms with Crippen LogP contribution in [0.2, 0.25) is 0 Å². The number of carbonyl (C=O) groups is 1. The molecule has 0 unspecified atom stereocenters. The van der Waals surface area contributed by atoms with Crippen LogP contribution in [0.5, 0.6) is 0 Å². The summed E-state index contributed by atoms with van der Waals surface area (Å²) in [5, 5.41) is 0. The van der Waals surface area contributed by atoms with E-state index in [1.165, 1.54) is 0 Å². The first kappa shape index (κ1) is 16.1. The molecule has 100 valence electrons. The van der Waals surface area contributed by atoms with E-state index in [1.54, 1.807) is 6.92 Å². The van der Waals surface area contributed by atoms with E-state index in [2.05, 4.69) is 6.58 Å². The Labute approximate surface area is 104 Å². The van der Waals surface area contributed by atoms with E-state index in [1.807, 2.05) is 13.8 Å². The van der Waals surface area contributed by atoms with E-state index in [0.717, 1.165) is 26.1 Å². The highest BCUT2D eigenvalue weighted by Gasteiger charge is 2.16. The minimum Gasteiger partial charge on any atom is -0.463 e. The first-order chi connectivity index (χ1) is 8.24. The van der Waals surface area contributed by atoms with Gasteiger partial charge in [-0.3, -0.25) is 0 Å². The van der Waals surface area contributed by atoms with Crippen LogP contribution in [0, 0.1) is 0 Å². The number of carbonyl (C=O) groups excluding carboxylic acids is 1. The molecule has 0 radical (unpaired) electrons. The van der Waals surface area contributed by atoms with Crippen molar-refractivity contribution in [2.24, 2.45) is 0 Å². The molecule has 1 saturated heterocycles. The van der Waals surface area contributed by atoms with Crippen LogP contribution < -0.4 is 0 Å². The van der Waals surface area contributed by atoms with Crippen molar-refractivity contribution in [3.8, 4) is 0 Å². The molecular weight excluding hydrogens is 220 g/mol. The van der Waals surface area contributed by atoms with E-state index in [9.17, 15) is 4.79 Å². The standard InChI is InChI=1S/C11H18O4.C2H6/c1-3-14-11(12)9(2)8-15-10-4-6-13-7-5-10;1-2/h10H,2-8H2,1H3;1-2H3. The van der Waals surface area contributed by atoms with Crippen molar-refractivity contribution in [2.75, 3.05) is 26.4 Å². The number of ether oxygens (including phenoxy) is 3. The molecule has 1 heterocycles. The van der Waals surface area contributed by atoms with Crippen molar-refractivity contribution in [2.45, 2.75) is 39.7 Å². The molecule has 17 heavy (non-hydrogen) atoms. The van der Waals surface area contributed by atoms with E-state index in [0.29, 0.717) is 12.2 Å². The van der Waals surface area contributed by atoms with Crippen LogP contribution in [-0.2, 0) is 19.0 Å². The third kappa shape index (κ3) is 7.13. The highest BCUT2D eigenvalue weighted by Crippen LogP contribution is 2.11. The van der Waals surface area contributed by atoms with Crippen molar-refractivity contribution in [3.05, 3.63) is 12.2 Å². The largest absolute Gasteiger partial charge is 0.463 e. The molecule has 1 aliphatic rings. The molecule has 0 aromatic carbocycles. The van der Waals surface area contributed by atoms with Crippen LogP contribution in [-0.4, -0.2) is 38.5 Å². The second-order valence-electron chi connectivity index (χ2n) is 3.45. The van der Waals surface area contributed by atoms with Crippen LogP contribution >= 0.6 is 0 Å². The van der Waals surface area contributed by atoms with Gasteiger partial charge in [0.05, 0.1) is 24.9 Å². The van der Waals surface area contributed by atoms with Crippen molar-refractivity contribution in [3.63, 3.8) is 0 Å². The monoisotopic (exact) mass is 244 g/mol. The van der Waals surface area contributed by atoms with E-state index >= 15 is 0 Å². The minimum atomic E-state index is -0.371. The van der Waals surface area contributed by atoms with Crippen LogP contribution in [0.1, 0.15) is 33.6 Å². The fourth-order valence-electron chi connectivity index (χ4n) is 1.35. The zero-order valence-electron chi connectivity index (χ0n) is 11.2. The van der Waals surface area contributed by atoms with Gasteiger partial charge < -0.3 is 14.2 Å². The zero-order valence-corrected chi connectivity index (χ0v) is 11.2. The summed E-state index contributed by atoms with van der Waals surface area (Å²) in [6, 6.07) is 0. The number of hydrogen-bond acceptors (Lipinski definition) is 4. The molecule has 0 atom stereocenters. The van der Waals surface area contributed by atoms with Gasteiger partial charge >= 0.3 is 5.97 Å². The van der Waals surface area contributed by atoms with E-state index in [-0.39, 0.29) is 18.7 Å². The lowest BCUT2D eigenvalue weighted by Gasteiger charge is -2.22.